The highest BCUT2D eigenvalue weighted by atomic mass is 32.1. The average Bonchev–Trinajstić information content (AvgIpc) is 3.07. The first-order chi connectivity index (χ1) is 11.0. The van der Waals surface area contributed by atoms with Crippen LogP contribution in [0.4, 0.5) is 0 Å². The zero-order valence-electron chi connectivity index (χ0n) is 12.6. The van der Waals surface area contributed by atoms with Crippen molar-refractivity contribution in [1.82, 2.24) is 14.5 Å². The van der Waals surface area contributed by atoms with Gasteiger partial charge in [0.25, 0.3) is 5.91 Å². The summed E-state index contributed by atoms with van der Waals surface area (Å²) in [7, 11) is 3.03. The molecule has 0 bridgehead atoms. The van der Waals surface area contributed by atoms with Crippen LogP contribution in [-0.4, -0.2) is 52.2 Å². The SMILES string of the molecule is COc1cc(CN(CC(=O)O)C(=O)c2cnns2)cc(OC)c1. The Labute approximate surface area is 136 Å². The molecule has 0 atom stereocenters. The summed E-state index contributed by atoms with van der Waals surface area (Å²) in [6, 6.07) is 5.13. The van der Waals surface area contributed by atoms with Crippen LogP contribution in [0.15, 0.2) is 24.4 Å². The van der Waals surface area contributed by atoms with Crippen LogP contribution in [-0.2, 0) is 11.3 Å². The minimum absolute atomic E-state index is 0.0938. The van der Waals surface area contributed by atoms with Crippen molar-refractivity contribution >= 4 is 23.4 Å². The number of carbonyl (C=O) groups excluding carboxylic acids is 1. The second kappa shape index (κ2) is 7.54. The number of benzene rings is 1. The first-order valence-corrected chi connectivity index (χ1v) is 7.31. The monoisotopic (exact) mass is 337 g/mol. The molecule has 1 aromatic heterocycles. The van der Waals surface area contributed by atoms with Gasteiger partial charge in [-0.15, -0.1) is 5.10 Å². The van der Waals surface area contributed by atoms with Gasteiger partial charge in [0.15, 0.2) is 0 Å². The fourth-order valence-corrected chi connectivity index (χ4v) is 2.44. The van der Waals surface area contributed by atoms with Crippen LogP contribution in [0.2, 0.25) is 0 Å². The number of ether oxygens (including phenoxy) is 2. The Bertz CT molecular complexity index is 667. The van der Waals surface area contributed by atoms with Gasteiger partial charge in [0, 0.05) is 12.6 Å². The van der Waals surface area contributed by atoms with E-state index in [2.05, 4.69) is 9.59 Å². The maximum absolute atomic E-state index is 12.4. The van der Waals surface area contributed by atoms with Crippen molar-refractivity contribution in [3.05, 3.63) is 34.8 Å². The van der Waals surface area contributed by atoms with Gasteiger partial charge in [-0.3, -0.25) is 9.59 Å². The summed E-state index contributed by atoms with van der Waals surface area (Å²) in [6.07, 6.45) is 1.31. The van der Waals surface area contributed by atoms with Crippen LogP contribution < -0.4 is 9.47 Å². The fourth-order valence-electron chi connectivity index (χ4n) is 1.96. The van der Waals surface area contributed by atoms with Crippen molar-refractivity contribution in [2.45, 2.75) is 6.54 Å². The molecule has 122 valence electrons. The topological polar surface area (TPSA) is 102 Å². The van der Waals surface area contributed by atoms with E-state index in [4.69, 9.17) is 14.6 Å². The van der Waals surface area contributed by atoms with Crippen LogP contribution in [0.1, 0.15) is 15.2 Å². The Morgan fingerprint density at radius 3 is 2.35 bits per heavy atom. The van der Waals surface area contributed by atoms with Gasteiger partial charge in [0.2, 0.25) is 0 Å². The number of hydrogen-bond donors (Lipinski definition) is 1. The molecule has 0 aliphatic heterocycles. The largest absolute Gasteiger partial charge is 0.497 e. The van der Waals surface area contributed by atoms with Crippen molar-refractivity contribution in [3.8, 4) is 11.5 Å². The van der Waals surface area contributed by atoms with Crippen LogP contribution in [0.5, 0.6) is 11.5 Å². The summed E-state index contributed by atoms with van der Waals surface area (Å²) >= 11 is 0.918. The molecule has 1 N–H and O–H groups in total. The number of methoxy groups -OCH3 is 2. The third-order valence-corrected chi connectivity index (χ3v) is 3.62. The Kier molecular flexibility index (Phi) is 5.47. The molecule has 9 heteroatoms. The van der Waals surface area contributed by atoms with E-state index in [0.29, 0.717) is 17.1 Å². The normalized spacial score (nSPS) is 10.2. The standard InChI is InChI=1S/C14H15N3O5S/c1-21-10-3-9(4-11(5-10)22-2)7-17(8-13(18)19)14(20)12-6-15-16-23-12/h3-6H,7-8H2,1-2H3,(H,18,19). The summed E-state index contributed by atoms with van der Waals surface area (Å²) < 4.78 is 14.0. The lowest BCUT2D eigenvalue weighted by Crippen LogP contribution is -2.34. The van der Waals surface area contributed by atoms with E-state index < -0.39 is 18.4 Å². The zero-order chi connectivity index (χ0) is 16.8. The number of carboxylic acids is 1. The van der Waals surface area contributed by atoms with Gasteiger partial charge in [0.1, 0.15) is 22.9 Å². The van der Waals surface area contributed by atoms with Gasteiger partial charge in [-0.2, -0.15) is 0 Å². The Morgan fingerprint density at radius 2 is 1.87 bits per heavy atom. The third-order valence-electron chi connectivity index (χ3n) is 2.97. The number of amides is 1. The van der Waals surface area contributed by atoms with E-state index in [0.717, 1.165) is 11.5 Å². The summed E-state index contributed by atoms with van der Waals surface area (Å²) in [5, 5.41) is 12.6. The number of aromatic nitrogens is 2. The van der Waals surface area contributed by atoms with Gasteiger partial charge in [-0.25, -0.2) is 0 Å². The molecular formula is C14H15N3O5S. The fraction of sp³-hybridized carbons (Fsp3) is 0.286. The lowest BCUT2D eigenvalue weighted by atomic mass is 10.2. The molecule has 0 saturated carbocycles. The number of nitrogens with zero attached hydrogens (tertiary/aromatic N) is 3. The Hall–Kier alpha value is -2.68. The average molecular weight is 337 g/mol. The lowest BCUT2D eigenvalue weighted by Gasteiger charge is -2.20. The maximum atomic E-state index is 12.4. The predicted octanol–water partition coefficient (Wildman–Crippen LogP) is 1.28. The molecule has 0 spiro atoms. The molecule has 2 rings (SSSR count). The summed E-state index contributed by atoms with van der Waals surface area (Å²) in [4.78, 5) is 24.9. The quantitative estimate of drug-likeness (QED) is 0.812. The second-order valence-electron chi connectivity index (χ2n) is 4.56. The number of carboxylic acid groups (broad SMARTS) is 1. The minimum Gasteiger partial charge on any atom is -0.497 e. The zero-order valence-corrected chi connectivity index (χ0v) is 13.4. The summed E-state index contributed by atoms with van der Waals surface area (Å²) in [5.41, 5.74) is 0.688. The Morgan fingerprint density at radius 1 is 1.22 bits per heavy atom. The van der Waals surface area contributed by atoms with Gasteiger partial charge >= 0.3 is 5.97 Å². The van der Waals surface area contributed by atoms with Crippen LogP contribution in [0.25, 0.3) is 0 Å². The van der Waals surface area contributed by atoms with E-state index in [-0.39, 0.29) is 11.4 Å². The van der Waals surface area contributed by atoms with Crippen molar-refractivity contribution < 1.29 is 24.2 Å². The number of hydrogen-bond acceptors (Lipinski definition) is 7. The van der Waals surface area contributed by atoms with Gasteiger partial charge in [-0.1, -0.05) is 4.49 Å². The molecule has 0 fully saturated rings. The second-order valence-corrected chi connectivity index (χ2v) is 5.34. The molecule has 1 amide bonds. The number of aliphatic carboxylic acids is 1. The molecule has 1 aromatic carbocycles. The van der Waals surface area contributed by atoms with Crippen molar-refractivity contribution in [1.29, 1.82) is 0 Å². The lowest BCUT2D eigenvalue weighted by molar-refractivity contribution is -0.137. The first-order valence-electron chi connectivity index (χ1n) is 6.54. The van der Waals surface area contributed by atoms with Gasteiger partial charge < -0.3 is 19.5 Å². The van der Waals surface area contributed by atoms with E-state index in [1.807, 2.05) is 0 Å². The number of rotatable bonds is 7. The van der Waals surface area contributed by atoms with E-state index >= 15 is 0 Å². The molecule has 23 heavy (non-hydrogen) atoms. The van der Waals surface area contributed by atoms with Crippen molar-refractivity contribution in [2.24, 2.45) is 0 Å². The van der Waals surface area contributed by atoms with E-state index in [1.165, 1.54) is 25.3 Å². The van der Waals surface area contributed by atoms with Crippen LogP contribution in [0.3, 0.4) is 0 Å². The minimum atomic E-state index is -1.11. The first kappa shape index (κ1) is 16.7. The molecule has 0 aliphatic rings. The Balaban J connectivity index is 2.27. The molecule has 0 unspecified atom stereocenters. The summed E-state index contributed by atoms with van der Waals surface area (Å²) in [6.45, 7) is -0.340. The van der Waals surface area contributed by atoms with Crippen LogP contribution in [0, 0.1) is 0 Å². The third kappa shape index (κ3) is 4.39. The highest BCUT2D eigenvalue weighted by Crippen LogP contribution is 2.24. The summed E-state index contributed by atoms with van der Waals surface area (Å²) in [5.74, 6) is -0.432. The molecule has 1 heterocycles. The predicted molar refractivity (Wildman–Crippen MR) is 81.8 cm³/mol. The van der Waals surface area contributed by atoms with Crippen molar-refractivity contribution in [2.75, 3.05) is 20.8 Å². The van der Waals surface area contributed by atoms with Gasteiger partial charge in [-0.05, 0) is 29.2 Å². The molecule has 0 saturated heterocycles. The molecule has 8 nitrogen and oxygen atoms in total. The van der Waals surface area contributed by atoms with E-state index in [1.54, 1.807) is 18.2 Å². The maximum Gasteiger partial charge on any atom is 0.323 e. The molecule has 0 radical (unpaired) electrons. The molecule has 2 aromatic rings. The van der Waals surface area contributed by atoms with Crippen molar-refractivity contribution in [3.63, 3.8) is 0 Å². The number of carbonyl (C=O) groups is 2. The molecular weight excluding hydrogens is 322 g/mol. The van der Waals surface area contributed by atoms with Gasteiger partial charge in [0.05, 0.1) is 20.4 Å². The van der Waals surface area contributed by atoms with E-state index in [9.17, 15) is 9.59 Å². The smallest absolute Gasteiger partial charge is 0.323 e. The highest BCUT2D eigenvalue weighted by Gasteiger charge is 2.21. The highest BCUT2D eigenvalue weighted by molar-refractivity contribution is 7.07. The van der Waals surface area contributed by atoms with Crippen LogP contribution >= 0.6 is 11.5 Å². The molecule has 0 aliphatic carbocycles.